The number of Topliss-reactive ketones (excluding diaryl/α,β-unsaturated/α-hetero) is 2. The van der Waals surface area contributed by atoms with Gasteiger partial charge in [0.1, 0.15) is 11.5 Å². The Morgan fingerprint density at radius 3 is 2.92 bits per heavy atom. The first-order valence-electron chi connectivity index (χ1n) is 4.59. The van der Waals surface area contributed by atoms with E-state index in [1.807, 2.05) is 0 Å². The van der Waals surface area contributed by atoms with Crippen molar-refractivity contribution in [3.8, 4) is 0 Å². The van der Waals surface area contributed by atoms with E-state index in [4.69, 9.17) is 4.74 Å². The zero-order valence-corrected chi connectivity index (χ0v) is 7.63. The first kappa shape index (κ1) is 8.48. The van der Waals surface area contributed by atoms with Gasteiger partial charge in [-0.1, -0.05) is 0 Å². The van der Waals surface area contributed by atoms with E-state index in [1.54, 1.807) is 6.92 Å². The summed E-state index contributed by atoms with van der Waals surface area (Å²) in [6.07, 6.45) is 1.83. The fourth-order valence-corrected chi connectivity index (χ4v) is 2.01. The van der Waals surface area contributed by atoms with Crippen LogP contribution in [0.15, 0.2) is 11.3 Å². The number of hydrogen-bond donors (Lipinski definition) is 0. The topological polar surface area (TPSA) is 43.4 Å². The standard InChI is InChI=1S/C10H12O3/c1-6(11)7-2-3-9(12)8-4-5-13-10(7)8/h7H,2-5H2,1H3. The molecule has 0 spiro atoms. The molecule has 0 saturated carbocycles. The second-order valence-corrected chi connectivity index (χ2v) is 3.57. The minimum Gasteiger partial charge on any atom is -0.496 e. The molecule has 0 N–H and O–H groups in total. The van der Waals surface area contributed by atoms with Crippen molar-refractivity contribution >= 4 is 11.6 Å². The largest absolute Gasteiger partial charge is 0.496 e. The van der Waals surface area contributed by atoms with Gasteiger partial charge in [-0.2, -0.15) is 0 Å². The molecule has 0 aromatic heterocycles. The number of rotatable bonds is 1. The van der Waals surface area contributed by atoms with Crippen molar-refractivity contribution < 1.29 is 14.3 Å². The zero-order chi connectivity index (χ0) is 9.42. The summed E-state index contributed by atoms with van der Waals surface area (Å²) >= 11 is 0. The van der Waals surface area contributed by atoms with Crippen molar-refractivity contribution in [1.29, 1.82) is 0 Å². The predicted octanol–water partition coefficient (Wildman–Crippen LogP) is 1.23. The maximum Gasteiger partial charge on any atom is 0.162 e. The van der Waals surface area contributed by atoms with Crippen LogP contribution in [0, 0.1) is 5.92 Å². The molecule has 0 fully saturated rings. The highest BCUT2D eigenvalue weighted by molar-refractivity contribution is 5.99. The highest BCUT2D eigenvalue weighted by Gasteiger charge is 2.35. The van der Waals surface area contributed by atoms with Crippen LogP contribution >= 0.6 is 0 Å². The Labute approximate surface area is 76.8 Å². The van der Waals surface area contributed by atoms with Gasteiger partial charge < -0.3 is 4.74 Å². The third-order valence-corrected chi connectivity index (χ3v) is 2.71. The highest BCUT2D eigenvalue weighted by Crippen LogP contribution is 2.35. The van der Waals surface area contributed by atoms with Crippen LogP contribution in [0.2, 0.25) is 0 Å². The number of carbonyl (C=O) groups excluding carboxylic acids is 2. The van der Waals surface area contributed by atoms with Crippen LogP contribution in [0.25, 0.3) is 0 Å². The Hall–Kier alpha value is -1.12. The van der Waals surface area contributed by atoms with E-state index < -0.39 is 0 Å². The molecule has 0 aromatic rings. The lowest BCUT2D eigenvalue weighted by Gasteiger charge is -2.20. The monoisotopic (exact) mass is 180 g/mol. The van der Waals surface area contributed by atoms with Crippen molar-refractivity contribution in [2.45, 2.75) is 26.2 Å². The van der Waals surface area contributed by atoms with Crippen molar-refractivity contribution in [1.82, 2.24) is 0 Å². The van der Waals surface area contributed by atoms with Crippen LogP contribution < -0.4 is 0 Å². The van der Waals surface area contributed by atoms with Gasteiger partial charge in [0.2, 0.25) is 0 Å². The molecule has 0 amide bonds. The van der Waals surface area contributed by atoms with Crippen LogP contribution in [-0.2, 0) is 14.3 Å². The van der Waals surface area contributed by atoms with Gasteiger partial charge in [-0.25, -0.2) is 0 Å². The average molecular weight is 180 g/mol. The molecule has 2 aliphatic rings. The quantitative estimate of drug-likeness (QED) is 0.609. The van der Waals surface area contributed by atoms with Crippen LogP contribution in [0.1, 0.15) is 26.2 Å². The SMILES string of the molecule is CC(=O)C1CCC(=O)C2=C1OCC2. The van der Waals surface area contributed by atoms with E-state index in [0.717, 1.165) is 5.57 Å². The van der Waals surface area contributed by atoms with Gasteiger partial charge in [0, 0.05) is 18.4 Å². The van der Waals surface area contributed by atoms with Gasteiger partial charge in [0.05, 0.1) is 12.5 Å². The molecule has 1 atom stereocenters. The molecule has 13 heavy (non-hydrogen) atoms. The Bertz CT molecular complexity index is 301. The minimum absolute atomic E-state index is 0.113. The third-order valence-electron chi connectivity index (χ3n) is 2.71. The smallest absolute Gasteiger partial charge is 0.162 e. The Kier molecular flexibility index (Phi) is 1.94. The molecule has 0 bridgehead atoms. The molecule has 70 valence electrons. The molecule has 1 aliphatic heterocycles. The molecule has 2 rings (SSSR count). The van der Waals surface area contributed by atoms with Crippen LogP contribution in [0.3, 0.4) is 0 Å². The van der Waals surface area contributed by atoms with Crippen LogP contribution in [-0.4, -0.2) is 18.2 Å². The van der Waals surface area contributed by atoms with E-state index in [2.05, 4.69) is 0 Å². The fourth-order valence-electron chi connectivity index (χ4n) is 2.01. The number of hydrogen-bond acceptors (Lipinski definition) is 3. The summed E-state index contributed by atoms with van der Waals surface area (Å²) in [5.74, 6) is 0.811. The summed E-state index contributed by atoms with van der Waals surface area (Å²) in [6.45, 7) is 2.13. The number of carbonyl (C=O) groups is 2. The van der Waals surface area contributed by atoms with E-state index >= 15 is 0 Å². The molecular formula is C10H12O3. The molecule has 0 saturated heterocycles. The predicted molar refractivity (Wildman–Crippen MR) is 46.0 cm³/mol. The molecule has 0 aromatic carbocycles. The highest BCUT2D eigenvalue weighted by atomic mass is 16.5. The second kappa shape index (κ2) is 2.98. The van der Waals surface area contributed by atoms with Gasteiger partial charge in [-0.15, -0.1) is 0 Å². The third kappa shape index (κ3) is 1.28. The second-order valence-electron chi connectivity index (χ2n) is 3.57. The number of ketones is 2. The lowest BCUT2D eigenvalue weighted by molar-refractivity contribution is -0.122. The molecule has 1 unspecified atom stereocenters. The van der Waals surface area contributed by atoms with Crippen LogP contribution in [0.5, 0.6) is 0 Å². The lowest BCUT2D eigenvalue weighted by Crippen LogP contribution is -2.22. The summed E-state index contributed by atoms with van der Waals surface area (Å²) in [5.41, 5.74) is 0.770. The van der Waals surface area contributed by atoms with Gasteiger partial charge in [0.15, 0.2) is 5.78 Å². The Morgan fingerprint density at radius 2 is 2.23 bits per heavy atom. The van der Waals surface area contributed by atoms with Crippen molar-refractivity contribution in [3.63, 3.8) is 0 Å². The molecule has 0 radical (unpaired) electrons. The van der Waals surface area contributed by atoms with Crippen LogP contribution in [0.4, 0.5) is 0 Å². The number of allylic oxidation sites excluding steroid dienone is 1. The molecular weight excluding hydrogens is 168 g/mol. The summed E-state index contributed by atoms with van der Waals surface area (Å²) in [4.78, 5) is 22.6. The first-order valence-corrected chi connectivity index (χ1v) is 4.59. The van der Waals surface area contributed by atoms with Gasteiger partial charge in [0.25, 0.3) is 0 Å². The molecule has 1 heterocycles. The molecule has 1 aliphatic carbocycles. The molecule has 3 nitrogen and oxygen atoms in total. The van der Waals surface area contributed by atoms with Gasteiger partial charge in [-0.3, -0.25) is 9.59 Å². The number of ether oxygens (including phenoxy) is 1. The normalized spacial score (nSPS) is 27.2. The van der Waals surface area contributed by atoms with Crippen molar-refractivity contribution in [3.05, 3.63) is 11.3 Å². The van der Waals surface area contributed by atoms with Crippen molar-refractivity contribution in [2.75, 3.05) is 6.61 Å². The lowest BCUT2D eigenvalue weighted by atomic mass is 9.85. The van der Waals surface area contributed by atoms with E-state index in [9.17, 15) is 9.59 Å². The average Bonchev–Trinajstić information content (AvgIpc) is 2.53. The van der Waals surface area contributed by atoms with Gasteiger partial charge >= 0.3 is 0 Å². The minimum atomic E-state index is -0.143. The van der Waals surface area contributed by atoms with Gasteiger partial charge in [-0.05, 0) is 13.3 Å². The van der Waals surface area contributed by atoms with E-state index in [-0.39, 0.29) is 17.5 Å². The Balaban J connectivity index is 2.35. The fraction of sp³-hybridized carbons (Fsp3) is 0.600. The summed E-state index contributed by atoms with van der Waals surface area (Å²) in [6, 6.07) is 0. The summed E-state index contributed by atoms with van der Waals surface area (Å²) < 4.78 is 5.34. The van der Waals surface area contributed by atoms with Crippen molar-refractivity contribution in [2.24, 2.45) is 5.92 Å². The Morgan fingerprint density at radius 1 is 1.46 bits per heavy atom. The summed E-state index contributed by atoms with van der Waals surface area (Å²) in [7, 11) is 0. The maximum absolute atomic E-state index is 11.4. The summed E-state index contributed by atoms with van der Waals surface area (Å²) in [5, 5.41) is 0. The zero-order valence-electron chi connectivity index (χ0n) is 7.63. The molecule has 3 heteroatoms. The van der Waals surface area contributed by atoms with E-state index in [1.165, 1.54) is 0 Å². The first-order chi connectivity index (χ1) is 6.20. The maximum atomic E-state index is 11.4. The van der Waals surface area contributed by atoms with E-state index in [0.29, 0.717) is 31.6 Å².